The van der Waals surface area contributed by atoms with Crippen LogP contribution in [0, 0.1) is 5.92 Å². The lowest BCUT2D eigenvalue weighted by Crippen LogP contribution is -2.28. The van der Waals surface area contributed by atoms with E-state index in [4.69, 9.17) is 9.47 Å². The van der Waals surface area contributed by atoms with Gasteiger partial charge in [-0.25, -0.2) is 0 Å². The van der Waals surface area contributed by atoms with Crippen LogP contribution in [0.25, 0.3) is 0 Å². The summed E-state index contributed by atoms with van der Waals surface area (Å²) in [7, 11) is 4.96. The third-order valence-electron chi connectivity index (χ3n) is 2.58. The number of carbonyl (C=O) groups excluding carboxylic acids is 1. The summed E-state index contributed by atoms with van der Waals surface area (Å²) in [6.45, 7) is 2.50. The van der Waals surface area contributed by atoms with E-state index < -0.39 is 0 Å². The number of hydrogen-bond donors (Lipinski definition) is 2. The highest BCUT2D eigenvalue weighted by molar-refractivity contribution is 5.92. The SMILES string of the molecule is CNCC(C)C(=O)Nc1cc(OC)cc(OC)c1.Cl. The minimum Gasteiger partial charge on any atom is -0.497 e. The van der Waals surface area contributed by atoms with Gasteiger partial charge in [-0.1, -0.05) is 6.92 Å². The van der Waals surface area contributed by atoms with Gasteiger partial charge in [0.15, 0.2) is 0 Å². The van der Waals surface area contributed by atoms with Crippen molar-refractivity contribution in [2.24, 2.45) is 5.92 Å². The van der Waals surface area contributed by atoms with Crippen LogP contribution in [-0.2, 0) is 4.79 Å². The minimum absolute atomic E-state index is 0. The minimum atomic E-state index is -0.104. The van der Waals surface area contributed by atoms with Crippen molar-refractivity contribution < 1.29 is 14.3 Å². The summed E-state index contributed by atoms with van der Waals surface area (Å²) in [6, 6.07) is 5.27. The molecule has 0 fully saturated rings. The summed E-state index contributed by atoms with van der Waals surface area (Å²) in [4.78, 5) is 11.9. The van der Waals surface area contributed by atoms with Gasteiger partial charge >= 0.3 is 0 Å². The van der Waals surface area contributed by atoms with Gasteiger partial charge < -0.3 is 20.1 Å². The van der Waals surface area contributed by atoms with Crippen LogP contribution in [0.1, 0.15) is 6.92 Å². The topological polar surface area (TPSA) is 59.6 Å². The summed E-state index contributed by atoms with van der Waals surface area (Å²) < 4.78 is 10.3. The van der Waals surface area contributed by atoms with E-state index >= 15 is 0 Å². The molecule has 1 unspecified atom stereocenters. The van der Waals surface area contributed by atoms with Crippen LogP contribution in [0.3, 0.4) is 0 Å². The van der Waals surface area contributed by atoms with Gasteiger partial charge in [0.2, 0.25) is 5.91 Å². The first-order valence-electron chi connectivity index (χ1n) is 5.79. The lowest BCUT2D eigenvalue weighted by atomic mass is 10.1. The molecule has 6 heteroatoms. The molecule has 19 heavy (non-hydrogen) atoms. The van der Waals surface area contributed by atoms with Crippen molar-refractivity contribution in [2.45, 2.75) is 6.92 Å². The molecule has 0 saturated carbocycles. The number of methoxy groups -OCH3 is 2. The first-order chi connectivity index (χ1) is 8.60. The van der Waals surface area contributed by atoms with Crippen LogP contribution in [0.5, 0.6) is 11.5 Å². The zero-order chi connectivity index (χ0) is 13.5. The summed E-state index contributed by atoms with van der Waals surface area (Å²) in [6.07, 6.45) is 0. The fourth-order valence-corrected chi connectivity index (χ4v) is 1.54. The van der Waals surface area contributed by atoms with Crippen molar-refractivity contribution >= 4 is 24.0 Å². The van der Waals surface area contributed by atoms with Gasteiger partial charge in [-0.15, -0.1) is 12.4 Å². The first kappa shape index (κ1) is 17.5. The van der Waals surface area contributed by atoms with E-state index in [2.05, 4.69) is 10.6 Å². The summed E-state index contributed by atoms with van der Waals surface area (Å²) in [5.41, 5.74) is 0.666. The van der Waals surface area contributed by atoms with Gasteiger partial charge in [0.1, 0.15) is 11.5 Å². The number of benzene rings is 1. The number of amides is 1. The number of nitrogens with one attached hydrogen (secondary N) is 2. The maximum atomic E-state index is 11.9. The van der Waals surface area contributed by atoms with E-state index in [0.717, 1.165) is 0 Å². The second-order valence-corrected chi connectivity index (χ2v) is 4.05. The Morgan fingerprint density at radius 1 is 1.21 bits per heavy atom. The van der Waals surface area contributed by atoms with Gasteiger partial charge in [0, 0.05) is 36.3 Å². The summed E-state index contributed by atoms with van der Waals surface area (Å²) in [5, 5.41) is 5.81. The number of hydrogen-bond acceptors (Lipinski definition) is 4. The highest BCUT2D eigenvalue weighted by Gasteiger charge is 2.12. The predicted molar refractivity (Wildman–Crippen MR) is 78.5 cm³/mol. The van der Waals surface area contributed by atoms with Crippen LogP contribution >= 0.6 is 12.4 Å². The largest absolute Gasteiger partial charge is 0.497 e. The standard InChI is InChI=1S/C13H20N2O3.ClH/c1-9(8-14-2)13(16)15-10-5-11(17-3)7-12(6-10)18-4;/h5-7,9,14H,8H2,1-4H3,(H,15,16);1H. The van der Waals surface area contributed by atoms with Gasteiger partial charge in [0.25, 0.3) is 0 Å². The molecule has 0 bridgehead atoms. The Bertz CT molecular complexity index is 391. The Labute approximate surface area is 120 Å². The van der Waals surface area contributed by atoms with Crippen LogP contribution in [0.2, 0.25) is 0 Å². The van der Waals surface area contributed by atoms with Crippen LogP contribution in [-0.4, -0.2) is 33.7 Å². The second-order valence-electron chi connectivity index (χ2n) is 4.05. The number of anilines is 1. The van der Waals surface area contributed by atoms with E-state index in [1.54, 1.807) is 32.4 Å². The molecule has 1 atom stereocenters. The van der Waals surface area contributed by atoms with E-state index in [-0.39, 0.29) is 24.2 Å². The molecular formula is C13H21ClN2O3. The Morgan fingerprint density at radius 2 is 1.74 bits per heavy atom. The number of ether oxygens (including phenoxy) is 2. The zero-order valence-corrected chi connectivity index (χ0v) is 12.5. The molecule has 0 aromatic heterocycles. The zero-order valence-electron chi connectivity index (χ0n) is 11.6. The molecule has 108 valence electrons. The molecule has 0 aliphatic heterocycles. The normalized spacial score (nSPS) is 11.2. The van der Waals surface area contributed by atoms with E-state index in [1.807, 2.05) is 14.0 Å². The van der Waals surface area contributed by atoms with Crippen molar-refractivity contribution in [1.82, 2.24) is 5.32 Å². The van der Waals surface area contributed by atoms with Crippen LogP contribution in [0.15, 0.2) is 18.2 Å². The lowest BCUT2D eigenvalue weighted by molar-refractivity contribution is -0.119. The molecule has 0 aliphatic rings. The molecule has 2 N–H and O–H groups in total. The second kappa shape index (κ2) is 8.61. The fraction of sp³-hybridized carbons (Fsp3) is 0.462. The first-order valence-corrected chi connectivity index (χ1v) is 5.79. The Morgan fingerprint density at radius 3 is 2.16 bits per heavy atom. The number of carbonyl (C=O) groups is 1. The predicted octanol–water partition coefficient (Wildman–Crippen LogP) is 1.92. The molecule has 0 aliphatic carbocycles. The maximum Gasteiger partial charge on any atom is 0.228 e. The van der Waals surface area contributed by atoms with Gasteiger partial charge in [-0.05, 0) is 7.05 Å². The average molecular weight is 289 g/mol. The van der Waals surface area contributed by atoms with Crippen LogP contribution < -0.4 is 20.1 Å². The third kappa shape index (κ3) is 5.36. The Kier molecular flexibility index (Phi) is 7.95. The average Bonchev–Trinajstić information content (AvgIpc) is 2.38. The van der Waals surface area contributed by atoms with E-state index in [0.29, 0.717) is 23.7 Å². The van der Waals surface area contributed by atoms with Crippen molar-refractivity contribution in [3.8, 4) is 11.5 Å². The molecule has 1 aromatic carbocycles. The van der Waals surface area contributed by atoms with Crippen LogP contribution in [0.4, 0.5) is 5.69 Å². The summed E-state index contributed by atoms with van der Waals surface area (Å²) >= 11 is 0. The smallest absolute Gasteiger partial charge is 0.228 e. The molecule has 0 radical (unpaired) electrons. The lowest BCUT2D eigenvalue weighted by Gasteiger charge is -2.13. The van der Waals surface area contributed by atoms with Gasteiger partial charge in [0.05, 0.1) is 14.2 Å². The highest BCUT2D eigenvalue weighted by Crippen LogP contribution is 2.25. The number of rotatable bonds is 6. The summed E-state index contributed by atoms with van der Waals surface area (Å²) in [5.74, 6) is 1.14. The molecule has 5 nitrogen and oxygen atoms in total. The van der Waals surface area contributed by atoms with Gasteiger partial charge in [-0.3, -0.25) is 4.79 Å². The molecule has 1 rings (SSSR count). The van der Waals surface area contributed by atoms with E-state index in [1.165, 1.54) is 0 Å². The van der Waals surface area contributed by atoms with Crippen molar-refractivity contribution in [2.75, 3.05) is 33.1 Å². The molecular weight excluding hydrogens is 268 g/mol. The van der Waals surface area contributed by atoms with Crippen molar-refractivity contribution in [3.05, 3.63) is 18.2 Å². The van der Waals surface area contributed by atoms with Crippen molar-refractivity contribution in [1.29, 1.82) is 0 Å². The fourth-order valence-electron chi connectivity index (χ4n) is 1.54. The molecule has 1 amide bonds. The molecule has 0 heterocycles. The maximum absolute atomic E-state index is 11.9. The number of halogens is 1. The molecule has 0 spiro atoms. The molecule has 0 saturated heterocycles. The Balaban J connectivity index is 0.00000324. The quantitative estimate of drug-likeness (QED) is 0.840. The highest BCUT2D eigenvalue weighted by atomic mass is 35.5. The van der Waals surface area contributed by atoms with Gasteiger partial charge in [-0.2, -0.15) is 0 Å². The van der Waals surface area contributed by atoms with Crippen molar-refractivity contribution in [3.63, 3.8) is 0 Å². The monoisotopic (exact) mass is 288 g/mol. The third-order valence-corrected chi connectivity index (χ3v) is 2.58. The molecule has 1 aromatic rings. The van der Waals surface area contributed by atoms with E-state index in [9.17, 15) is 4.79 Å². The Hall–Kier alpha value is -1.46.